The van der Waals surface area contributed by atoms with Gasteiger partial charge in [0.2, 0.25) is 5.91 Å². The minimum atomic E-state index is -3.79. The zero-order valence-electron chi connectivity index (χ0n) is 17.4. The molecule has 1 aliphatic heterocycles. The highest BCUT2D eigenvalue weighted by Crippen LogP contribution is 2.44. The predicted octanol–water partition coefficient (Wildman–Crippen LogP) is 4.79. The summed E-state index contributed by atoms with van der Waals surface area (Å²) >= 11 is 1.61. The lowest BCUT2D eigenvalue weighted by Gasteiger charge is -2.32. The van der Waals surface area contributed by atoms with Crippen molar-refractivity contribution < 1.29 is 13.2 Å². The number of benzene rings is 2. The molecule has 0 N–H and O–H groups in total. The quantitative estimate of drug-likeness (QED) is 0.571. The molecule has 1 aromatic heterocycles. The zero-order valence-corrected chi connectivity index (χ0v) is 19.0. The number of aromatic nitrogens is 1. The first-order chi connectivity index (χ1) is 14.9. The molecule has 1 aliphatic carbocycles. The number of amides is 1. The van der Waals surface area contributed by atoms with Gasteiger partial charge in [-0.25, -0.2) is 13.4 Å². The number of sulfone groups is 1. The van der Waals surface area contributed by atoms with Gasteiger partial charge in [0.25, 0.3) is 0 Å². The number of rotatable bonds is 4. The second kappa shape index (κ2) is 7.57. The largest absolute Gasteiger partial charge is 0.310 e. The van der Waals surface area contributed by atoms with Crippen LogP contribution in [0.1, 0.15) is 36.3 Å². The summed E-state index contributed by atoms with van der Waals surface area (Å²) in [5.41, 5.74) is 3.87. The van der Waals surface area contributed by atoms with E-state index in [2.05, 4.69) is 11.1 Å². The maximum Gasteiger partial charge on any atom is 0.248 e. The topological polar surface area (TPSA) is 67.3 Å². The van der Waals surface area contributed by atoms with Gasteiger partial charge in [-0.3, -0.25) is 4.79 Å². The van der Waals surface area contributed by atoms with Gasteiger partial charge in [0.1, 0.15) is 0 Å². The van der Waals surface area contributed by atoms with Gasteiger partial charge in [-0.1, -0.05) is 37.1 Å². The van der Waals surface area contributed by atoms with Crippen molar-refractivity contribution in [2.45, 2.75) is 48.7 Å². The Hall–Kier alpha value is -2.51. The van der Waals surface area contributed by atoms with Gasteiger partial charge in [-0.15, -0.1) is 11.3 Å². The number of fused-ring (bicyclic) bond motifs is 1. The number of carbonyl (C=O) groups excluding carboxylic acids is 1. The lowest BCUT2D eigenvalue weighted by Crippen LogP contribution is -2.52. The summed E-state index contributed by atoms with van der Waals surface area (Å²) in [6, 6.07) is 14.4. The molecule has 0 unspecified atom stereocenters. The van der Waals surface area contributed by atoms with Crippen LogP contribution in [0.3, 0.4) is 0 Å². The Labute approximate surface area is 186 Å². The van der Waals surface area contributed by atoms with E-state index in [4.69, 9.17) is 0 Å². The Morgan fingerprint density at radius 2 is 1.84 bits per heavy atom. The molecule has 3 aromatic rings. The molecule has 2 aliphatic rings. The van der Waals surface area contributed by atoms with E-state index >= 15 is 0 Å². The molecule has 1 amide bonds. The lowest BCUT2D eigenvalue weighted by molar-refractivity contribution is -0.120. The van der Waals surface area contributed by atoms with Crippen molar-refractivity contribution in [2.75, 3.05) is 11.4 Å². The maximum absolute atomic E-state index is 13.8. The van der Waals surface area contributed by atoms with Crippen molar-refractivity contribution in [3.8, 4) is 11.3 Å². The molecular formula is C24H24N2O3S2. The van der Waals surface area contributed by atoms with Crippen LogP contribution in [0.5, 0.6) is 0 Å². The molecule has 1 fully saturated rings. The molecule has 5 rings (SSSR count). The lowest BCUT2D eigenvalue weighted by atomic mass is 10.0. The van der Waals surface area contributed by atoms with E-state index in [1.807, 2.05) is 24.4 Å². The summed E-state index contributed by atoms with van der Waals surface area (Å²) in [7, 11) is -3.79. The molecule has 2 aromatic carbocycles. The highest BCUT2D eigenvalue weighted by Gasteiger charge is 2.55. The van der Waals surface area contributed by atoms with Crippen LogP contribution in [0.2, 0.25) is 0 Å². The Morgan fingerprint density at radius 1 is 1.10 bits per heavy atom. The third-order valence-corrected chi connectivity index (χ3v) is 9.78. The predicted molar refractivity (Wildman–Crippen MR) is 123 cm³/mol. The van der Waals surface area contributed by atoms with Crippen molar-refractivity contribution in [3.63, 3.8) is 0 Å². The summed E-state index contributed by atoms with van der Waals surface area (Å²) in [5.74, 6) is -0.273. The number of hydrogen-bond acceptors (Lipinski definition) is 5. The Balaban J connectivity index is 1.52. The summed E-state index contributed by atoms with van der Waals surface area (Å²) in [6.07, 6.45) is 2.98. The van der Waals surface area contributed by atoms with Crippen molar-refractivity contribution in [1.29, 1.82) is 0 Å². The van der Waals surface area contributed by atoms with Gasteiger partial charge in [0.15, 0.2) is 14.6 Å². The molecule has 0 atom stereocenters. The fraction of sp³-hybridized carbons (Fsp3) is 0.333. The van der Waals surface area contributed by atoms with Crippen LogP contribution in [-0.2, 0) is 21.1 Å². The van der Waals surface area contributed by atoms with Crippen LogP contribution in [0.15, 0.2) is 58.8 Å². The second-order valence-electron chi connectivity index (χ2n) is 8.32. The van der Waals surface area contributed by atoms with E-state index in [0.29, 0.717) is 19.4 Å². The van der Waals surface area contributed by atoms with Crippen LogP contribution in [-0.4, -0.2) is 30.6 Å². The van der Waals surface area contributed by atoms with Gasteiger partial charge in [-0.05, 0) is 56.0 Å². The van der Waals surface area contributed by atoms with Crippen molar-refractivity contribution in [1.82, 2.24) is 4.98 Å². The summed E-state index contributed by atoms with van der Waals surface area (Å²) in [4.78, 5) is 20.3. The fourth-order valence-corrected chi connectivity index (χ4v) is 7.64. The van der Waals surface area contributed by atoms with E-state index in [1.165, 1.54) is 0 Å². The molecule has 2 heterocycles. The summed E-state index contributed by atoms with van der Waals surface area (Å²) in [6.45, 7) is 2.50. The number of nitrogens with zero attached hydrogens (tertiary/aromatic N) is 2. The van der Waals surface area contributed by atoms with Gasteiger partial charge < -0.3 is 4.90 Å². The highest BCUT2D eigenvalue weighted by molar-refractivity contribution is 7.93. The number of thiazole rings is 1. The molecule has 31 heavy (non-hydrogen) atoms. The van der Waals surface area contributed by atoms with E-state index in [-0.39, 0.29) is 10.8 Å². The minimum Gasteiger partial charge on any atom is -0.310 e. The Bertz CT molecular complexity index is 1240. The first-order valence-corrected chi connectivity index (χ1v) is 13.0. The average Bonchev–Trinajstić information content (AvgIpc) is 3.53. The summed E-state index contributed by atoms with van der Waals surface area (Å²) < 4.78 is 25.9. The first kappa shape index (κ1) is 20.4. The number of aryl methyl sites for hydroxylation is 1. The highest BCUT2D eigenvalue weighted by atomic mass is 32.2. The van der Waals surface area contributed by atoms with Crippen LogP contribution in [0, 0.1) is 6.92 Å². The SMILES string of the molecule is Cc1nc(-c2ccc3c(c2)CCN3C(=O)C2(S(=O)(=O)c3ccccc3)CCCC2)cs1. The van der Waals surface area contributed by atoms with E-state index in [1.54, 1.807) is 46.6 Å². The minimum absolute atomic E-state index is 0.235. The molecule has 160 valence electrons. The first-order valence-electron chi connectivity index (χ1n) is 10.6. The fourth-order valence-electron chi connectivity index (χ4n) is 4.88. The zero-order chi connectivity index (χ0) is 21.6. The standard InChI is InChI=1S/C24H24N2O3S2/c1-17-25-21(16-30-17)18-9-10-22-19(15-18)11-14-26(22)23(27)24(12-5-6-13-24)31(28,29)20-7-3-2-4-8-20/h2-4,7-10,15-16H,5-6,11-14H2,1H3. The van der Waals surface area contributed by atoms with E-state index < -0.39 is 14.6 Å². The van der Waals surface area contributed by atoms with Crippen LogP contribution >= 0.6 is 11.3 Å². The molecule has 7 heteroatoms. The van der Waals surface area contributed by atoms with Gasteiger partial charge in [0.05, 0.1) is 15.6 Å². The molecular weight excluding hydrogens is 428 g/mol. The van der Waals surface area contributed by atoms with Crippen LogP contribution < -0.4 is 4.90 Å². The molecule has 0 bridgehead atoms. The van der Waals surface area contributed by atoms with Crippen LogP contribution in [0.25, 0.3) is 11.3 Å². The van der Waals surface area contributed by atoms with E-state index in [9.17, 15) is 13.2 Å². The monoisotopic (exact) mass is 452 g/mol. The molecule has 5 nitrogen and oxygen atoms in total. The third-order valence-electron chi connectivity index (χ3n) is 6.50. The molecule has 0 radical (unpaired) electrons. The van der Waals surface area contributed by atoms with Crippen LogP contribution in [0.4, 0.5) is 5.69 Å². The Morgan fingerprint density at radius 3 is 2.52 bits per heavy atom. The van der Waals surface area contributed by atoms with Crippen molar-refractivity contribution >= 4 is 32.8 Å². The average molecular weight is 453 g/mol. The number of carbonyl (C=O) groups is 1. The van der Waals surface area contributed by atoms with Gasteiger partial charge >= 0.3 is 0 Å². The summed E-state index contributed by atoms with van der Waals surface area (Å²) in [5, 5.41) is 3.05. The van der Waals surface area contributed by atoms with Gasteiger partial charge in [0, 0.05) is 23.2 Å². The smallest absolute Gasteiger partial charge is 0.248 e. The second-order valence-corrected chi connectivity index (χ2v) is 11.6. The normalized spacial score (nSPS) is 17.6. The molecule has 1 saturated carbocycles. The molecule has 0 spiro atoms. The Kier molecular flexibility index (Phi) is 4.98. The van der Waals surface area contributed by atoms with Gasteiger partial charge in [-0.2, -0.15) is 0 Å². The third kappa shape index (κ3) is 3.22. The number of anilines is 1. The van der Waals surface area contributed by atoms with Crippen molar-refractivity contribution in [2.24, 2.45) is 0 Å². The van der Waals surface area contributed by atoms with Crippen molar-refractivity contribution in [3.05, 3.63) is 64.5 Å². The maximum atomic E-state index is 13.8. The number of hydrogen-bond donors (Lipinski definition) is 0. The van der Waals surface area contributed by atoms with E-state index in [0.717, 1.165) is 46.8 Å². The molecule has 0 saturated heterocycles.